The zero-order chi connectivity index (χ0) is 20.0. The molecule has 0 bridgehead atoms. The molecule has 28 heavy (non-hydrogen) atoms. The highest BCUT2D eigenvalue weighted by atomic mass is 35.5. The van der Waals surface area contributed by atoms with Crippen molar-refractivity contribution in [2.45, 2.75) is 19.0 Å². The maximum Gasteiger partial charge on any atom is 0.416 e. The first-order chi connectivity index (χ1) is 13.4. The summed E-state index contributed by atoms with van der Waals surface area (Å²) in [5.41, 5.74) is 0.737. The average Bonchev–Trinajstić information content (AvgIpc) is 2.68. The number of nitrogens with one attached hydrogen (secondary N) is 2. The van der Waals surface area contributed by atoms with E-state index < -0.39 is 11.7 Å². The average molecular weight is 407 g/mol. The van der Waals surface area contributed by atoms with Crippen molar-refractivity contribution in [3.05, 3.63) is 76.9 Å². The Morgan fingerprint density at radius 1 is 1.00 bits per heavy atom. The van der Waals surface area contributed by atoms with Gasteiger partial charge in [-0.2, -0.15) is 18.2 Å². The van der Waals surface area contributed by atoms with E-state index >= 15 is 0 Å². The van der Waals surface area contributed by atoms with Crippen molar-refractivity contribution in [2.75, 3.05) is 17.2 Å². The number of benzene rings is 2. The number of hydrogen-bond donors (Lipinski definition) is 2. The second-order valence-electron chi connectivity index (χ2n) is 6.11. The Morgan fingerprint density at radius 3 is 2.54 bits per heavy atom. The third kappa shape index (κ3) is 5.60. The minimum Gasteiger partial charge on any atom is -0.354 e. The lowest BCUT2D eigenvalue weighted by Gasteiger charge is -2.12. The van der Waals surface area contributed by atoms with E-state index in [1.165, 1.54) is 23.9 Å². The lowest BCUT2D eigenvalue weighted by Crippen LogP contribution is -2.08. The maximum atomic E-state index is 12.9. The first-order valence-corrected chi connectivity index (χ1v) is 9.04. The molecule has 2 aromatic carbocycles. The third-order valence-electron chi connectivity index (χ3n) is 3.96. The van der Waals surface area contributed by atoms with Gasteiger partial charge in [0, 0.05) is 12.2 Å². The molecule has 0 atom stereocenters. The lowest BCUT2D eigenvalue weighted by molar-refractivity contribution is -0.137. The number of rotatable bonds is 7. The van der Waals surface area contributed by atoms with Gasteiger partial charge in [0.1, 0.15) is 5.02 Å². The van der Waals surface area contributed by atoms with Gasteiger partial charge < -0.3 is 10.6 Å². The zero-order valence-electron chi connectivity index (χ0n) is 14.8. The van der Waals surface area contributed by atoms with Crippen LogP contribution < -0.4 is 10.6 Å². The number of aromatic nitrogens is 2. The molecule has 0 spiro atoms. The van der Waals surface area contributed by atoms with Crippen LogP contribution in [0.1, 0.15) is 17.5 Å². The molecule has 0 saturated carbocycles. The minimum absolute atomic E-state index is 0.215. The van der Waals surface area contributed by atoms with E-state index in [0.29, 0.717) is 12.5 Å². The van der Waals surface area contributed by atoms with Crippen molar-refractivity contribution >= 4 is 29.1 Å². The fourth-order valence-corrected chi connectivity index (χ4v) is 2.73. The van der Waals surface area contributed by atoms with E-state index in [9.17, 15) is 13.2 Å². The molecule has 0 radical (unpaired) electrons. The van der Waals surface area contributed by atoms with Gasteiger partial charge in [-0.1, -0.05) is 48.0 Å². The van der Waals surface area contributed by atoms with Crippen LogP contribution in [0, 0.1) is 0 Å². The van der Waals surface area contributed by atoms with E-state index in [2.05, 4.69) is 32.7 Å². The van der Waals surface area contributed by atoms with E-state index in [1.807, 2.05) is 18.2 Å². The van der Waals surface area contributed by atoms with Crippen LogP contribution in [0.4, 0.5) is 30.6 Å². The molecule has 0 amide bonds. The van der Waals surface area contributed by atoms with Crippen LogP contribution >= 0.6 is 11.6 Å². The van der Waals surface area contributed by atoms with Gasteiger partial charge in [-0.25, -0.2) is 4.98 Å². The Labute approximate surface area is 165 Å². The van der Waals surface area contributed by atoms with E-state index in [0.717, 1.165) is 25.0 Å². The highest BCUT2D eigenvalue weighted by Gasteiger charge is 2.30. The summed E-state index contributed by atoms with van der Waals surface area (Å²) in [4.78, 5) is 8.37. The van der Waals surface area contributed by atoms with Crippen molar-refractivity contribution in [3.8, 4) is 0 Å². The van der Waals surface area contributed by atoms with Crippen LogP contribution in [0.3, 0.4) is 0 Å². The Hall–Kier alpha value is -2.80. The van der Waals surface area contributed by atoms with Crippen molar-refractivity contribution < 1.29 is 13.2 Å². The highest BCUT2D eigenvalue weighted by molar-refractivity contribution is 6.32. The van der Waals surface area contributed by atoms with Crippen molar-refractivity contribution in [1.82, 2.24) is 9.97 Å². The zero-order valence-corrected chi connectivity index (χ0v) is 15.6. The molecule has 3 rings (SSSR count). The molecule has 0 aliphatic carbocycles. The second-order valence-corrected chi connectivity index (χ2v) is 6.52. The summed E-state index contributed by atoms with van der Waals surface area (Å²) in [6, 6.07) is 14.9. The molecule has 0 aliphatic rings. The molecule has 146 valence electrons. The normalized spacial score (nSPS) is 11.3. The van der Waals surface area contributed by atoms with E-state index in [4.69, 9.17) is 11.6 Å². The molecule has 3 aromatic rings. The molecule has 2 N–H and O–H groups in total. The van der Waals surface area contributed by atoms with Gasteiger partial charge in [0.25, 0.3) is 0 Å². The summed E-state index contributed by atoms with van der Waals surface area (Å²) in [5, 5.41) is 6.14. The topological polar surface area (TPSA) is 49.8 Å². The Kier molecular flexibility index (Phi) is 6.36. The number of aryl methyl sites for hydroxylation is 1. The number of alkyl halides is 3. The number of halogens is 4. The van der Waals surface area contributed by atoms with Gasteiger partial charge in [0.15, 0.2) is 5.82 Å². The smallest absolute Gasteiger partial charge is 0.354 e. The predicted molar refractivity (Wildman–Crippen MR) is 105 cm³/mol. The molecule has 0 aliphatic heterocycles. The standard InChI is InChI=1S/C20H18ClF3N4/c21-17-13-26-19(25-11-5-8-14-6-2-1-3-7-14)28-18(17)27-16-10-4-9-15(12-16)20(22,23)24/h1-4,6-7,9-10,12-13H,5,8,11H2,(H2,25,26,27,28). The number of nitrogens with zero attached hydrogens (tertiary/aromatic N) is 2. The summed E-state index contributed by atoms with van der Waals surface area (Å²) in [6.07, 6.45) is -1.22. The monoisotopic (exact) mass is 406 g/mol. The maximum absolute atomic E-state index is 12.9. The Bertz CT molecular complexity index is 917. The molecular weight excluding hydrogens is 389 g/mol. The van der Waals surface area contributed by atoms with Crippen molar-refractivity contribution in [1.29, 1.82) is 0 Å². The molecule has 0 fully saturated rings. The molecular formula is C20H18ClF3N4. The van der Waals surface area contributed by atoms with Crippen LogP contribution in [0.15, 0.2) is 60.8 Å². The first kappa shape index (κ1) is 19.9. The SMILES string of the molecule is FC(F)(F)c1cccc(Nc2nc(NCCCc3ccccc3)ncc2Cl)c1. The van der Waals surface area contributed by atoms with Crippen molar-refractivity contribution in [3.63, 3.8) is 0 Å². The lowest BCUT2D eigenvalue weighted by atomic mass is 10.1. The van der Waals surface area contributed by atoms with E-state index in [1.54, 1.807) is 0 Å². The number of hydrogen-bond acceptors (Lipinski definition) is 4. The molecule has 4 nitrogen and oxygen atoms in total. The predicted octanol–water partition coefficient (Wildman–Crippen LogP) is 5.94. The molecule has 8 heteroatoms. The van der Waals surface area contributed by atoms with Crippen LogP contribution in [-0.4, -0.2) is 16.5 Å². The quantitative estimate of drug-likeness (QED) is 0.477. The van der Waals surface area contributed by atoms with E-state index in [-0.39, 0.29) is 16.5 Å². The second kappa shape index (κ2) is 8.93. The van der Waals surface area contributed by atoms with Gasteiger partial charge in [-0.3, -0.25) is 0 Å². The van der Waals surface area contributed by atoms with Crippen LogP contribution in [0.25, 0.3) is 0 Å². The summed E-state index contributed by atoms with van der Waals surface area (Å²) in [5.74, 6) is 0.591. The fourth-order valence-electron chi connectivity index (χ4n) is 2.59. The summed E-state index contributed by atoms with van der Waals surface area (Å²) >= 11 is 6.08. The Morgan fingerprint density at radius 2 is 1.79 bits per heavy atom. The van der Waals surface area contributed by atoms with Gasteiger partial charge in [-0.05, 0) is 36.6 Å². The largest absolute Gasteiger partial charge is 0.416 e. The summed E-state index contributed by atoms with van der Waals surface area (Å²) in [6.45, 7) is 0.652. The number of anilines is 3. The van der Waals surface area contributed by atoms with Gasteiger partial charge in [0.05, 0.1) is 11.8 Å². The first-order valence-electron chi connectivity index (χ1n) is 8.66. The van der Waals surface area contributed by atoms with Crippen molar-refractivity contribution in [2.24, 2.45) is 0 Å². The molecule has 0 unspecified atom stereocenters. The highest BCUT2D eigenvalue weighted by Crippen LogP contribution is 2.32. The van der Waals surface area contributed by atoms with Gasteiger partial charge in [-0.15, -0.1) is 0 Å². The van der Waals surface area contributed by atoms with Gasteiger partial charge in [0.2, 0.25) is 5.95 Å². The van der Waals surface area contributed by atoms with Gasteiger partial charge >= 0.3 is 6.18 Å². The van der Waals surface area contributed by atoms with Crippen LogP contribution in [0.5, 0.6) is 0 Å². The summed E-state index contributed by atoms with van der Waals surface area (Å²) in [7, 11) is 0. The van der Waals surface area contributed by atoms with Crippen LogP contribution in [-0.2, 0) is 12.6 Å². The Balaban J connectivity index is 1.62. The van der Waals surface area contributed by atoms with Crippen LogP contribution in [0.2, 0.25) is 5.02 Å². The summed E-state index contributed by atoms with van der Waals surface area (Å²) < 4.78 is 38.6. The molecule has 1 heterocycles. The molecule has 1 aromatic heterocycles. The minimum atomic E-state index is -4.42. The fraction of sp³-hybridized carbons (Fsp3) is 0.200. The third-order valence-corrected chi connectivity index (χ3v) is 4.24. The molecule has 0 saturated heterocycles.